The van der Waals surface area contributed by atoms with E-state index >= 15 is 0 Å². The van der Waals surface area contributed by atoms with Crippen LogP contribution in [0.25, 0.3) is 0 Å². The van der Waals surface area contributed by atoms with Crippen molar-refractivity contribution in [1.82, 2.24) is 0 Å². The summed E-state index contributed by atoms with van der Waals surface area (Å²) >= 11 is 0. The lowest BCUT2D eigenvalue weighted by atomic mass is 10.2. The number of methoxy groups -OCH3 is 1. The predicted octanol–water partition coefficient (Wildman–Crippen LogP) is 2.94. The molecular weight excluding hydrogens is 274 g/mol. The Bertz CT molecular complexity index is 679. The van der Waals surface area contributed by atoms with Crippen molar-refractivity contribution in [2.75, 3.05) is 11.8 Å². The zero-order chi connectivity index (χ0) is 14.6. The molecule has 20 heavy (non-hydrogen) atoms. The highest BCUT2D eigenvalue weighted by Crippen LogP contribution is 2.18. The third-order valence-corrected chi connectivity index (χ3v) is 4.22. The van der Waals surface area contributed by atoms with Crippen molar-refractivity contribution < 1.29 is 13.2 Å². The molecular formula is C15H17NO3S. The monoisotopic (exact) mass is 291 g/mol. The second kappa shape index (κ2) is 6.07. The predicted molar refractivity (Wildman–Crippen MR) is 79.1 cm³/mol. The third-order valence-electron chi connectivity index (χ3n) is 2.82. The Morgan fingerprint density at radius 2 is 1.80 bits per heavy atom. The van der Waals surface area contributed by atoms with Crippen LogP contribution in [0, 0.1) is 6.92 Å². The van der Waals surface area contributed by atoms with E-state index in [1.807, 2.05) is 13.0 Å². The molecule has 1 N–H and O–H groups in total. The van der Waals surface area contributed by atoms with Crippen molar-refractivity contribution in [3.05, 3.63) is 59.7 Å². The first-order valence-electron chi connectivity index (χ1n) is 6.18. The highest BCUT2D eigenvalue weighted by molar-refractivity contribution is 7.92. The minimum absolute atomic E-state index is 0.250. The van der Waals surface area contributed by atoms with Crippen molar-refractivity contribution in [2.45, 2.75) is 18.4 Å². The fraction of sp³-hybridized carbons (Fsp3) is 0.200. The van der Waals surface area contributed by atoms with Crippen LogP contribution in [0.4, 0.5) is 5.69 Å². The van der Waals surface area contributed by atoms with Crippen LogP contribution in [-0.2, 0) is 21.4 Å². The highest BCUT2D eigenvalue weighted by atomic mass is 32.2. The van der Waals surface area contributed by atoms with E-state index < -0.39 is 10.0 Å². The second-order valence-electron chi connectivity index (χ2n) is 4.55. The molecule has 2 aromatic rings. The summed E-state index contributed by atoms with van der Waals surface area (Å²) in [6, 6.07) is 13.9. The summed E-state index contributed by atoms with van der Waals surface area (Å²) in [5.41, 5.74) is 2.46. The lowest BCUT2D eigenvalue weighted by Crippen LogP contribution is -2.13. The van der Waals surface area contributed by atoms with E-state index in [1.165, 1.54) is 0 Å². The molecule has 0 unspecified atom stereocenters. The molecule has 0 aliphatic rings. The van der Waals surface area contributed by atoms with Crippen molar-refractivity contribution in [3.63, 3.8) is 0 Å². The Kier molecular flexibility index (Phi) is 4.42. The molecule has 0 amide bonds. The summed E-state index contributed by atoms with van der Waals surface area (Å²) < 4.78 is 32.1. The van der Waals surface area contributed by atoms with Crippen LogP contribution < -0.4 is 4.72 Å². The smallest absolute Gasteiger partial charge is 0.261 e. The number of benzene rings is 2. The fourth-order valence-electron chi connectivity index (χ4n) is 1.82. The first-order chi connectivity index (χ1) is 9.51. The van der Waals surface area contributed by atoms with Gasteiger partial charge >= 0.3 is 0 Å². The van der Waals surface area contributed by atoms with Crippen LogP contribution in [0.5, 0.6) is 0 Å². The molecule has 0 atom stereocenters. The number of sulfonamides is 1. The number of hydrogen-bond donors (Lipinski definition) is 1. The van der Waals surface area contributed by atoms with Crippen LogP contribution in [-0.4, -0.2) is 15.5 Å². The van der Waals surface area contributed by atoms with Gasteiger partial charge in [-0.15, -0.1) is 0 Å². The maximum atomic E-state index is 12.2. The number of rotatable bonds is 5. The number of nitrogens with one attached hydrogen (secondary N) is 1. The van der Waals surface area contributed by atoms with Gasteiger partial charge in [-0.25, -0.2) is 8.42 Å². The lowest BCUT2D eigenvalue weighted by Gasteiger charge is -2.09. The highest BCUT2D eigenvalue weighted by Gasteiger charge is 2.13. The van der Waals surface area contributed by atoms with Gasteiger partial charge in [0.15, 0.2) is 0 Å². The Morgan fingerprint density at radius 1 is 1.10 bits per heavy atom. The minimum atomic E-state index is -3.55. The fourth-order valence-corrected chi connectivity index (χ4v) is 2.87. The molecule has 5 heteroatoms. The maximum Gasteiger partial charge on any atom is 0.261 e. The Labute approximate surface area is 119 Å². The van der Waals surface area contributed by atoms with E-state index in [9.17, 15) is 8.42 Å². The van der Waals surface area contributed by atoms with Crippen LogP contribution in [0.15, 0.2) is 53.4 Å². The van der Waals surface area contributed by atoms with Crippen LogP contribution in [0.2, 0.25) is 0 Å². The van der Waals surface area contributed by atoms with Gasteiger partial charge in [-0.1, -0.05) is 29.8 Å². The van der Waals surface area contributed by atoms with Gasteiger partial charge in [-0.3, -0.25) is 4.72 Å². The second-order valence-corrected chi connectivity index (χ2v) is 6.23. The van der Waals surface area contributed by atoms with Crippen molar-refractivity contribution in [1.29, 1.82) is 0 Å². The molecule has 0 heterocycles. The molecule has 0 aliphatic carbocycles. The van der Waals surface area contributed by atoms with Gasteiger partial charge in [-0.05, 0) is 36.8 Å². The number of anilines is 1. The van der Waals surface area contributed by atoms with E-state index in [0.29, 0.717) is 12.3 Å². The molecule has 0 fully saturated rings. The van der Waals surface area contributed by atoms with Gasteiger partial charge in [0.05, 0.1) is 11.5 Å². The average Bonchev–Trinajstić information content (AvgIpc) is 2.39. The zero-order valence-electron chi connectivity index (χ0n) is 11.5. The molecule has 0 aromatic heterocycles. The average molecular weight is 291 g/mol. The summed E-state index contributed by atoms with van der Waals surface area (Å²) in [6.45, 7) is 2.36. The quantitative estimate of drug-likeness (QED) is 0.921. The van der Waals surface area contributed by atoms with Gasteiger partial charge in [0.2, 0.25) is 0 Å². The van der Waals surface area contributed by atoms with Crippen molar-refractivity contribution in [2.24, 2.45) is 0 Å². The van der Waals surface area contributed by atoms with E-state index in [0.717, 1.165) is 11.1 Å². The topological polar surface area (TPSA) is 55.4 Å². The van der Waals surface area contributed by atoms with E-state index in [4.69, 9.17) is 4.74 Å². The van der Waals surface area contributed by atoms with Gasteiger partial charge in [-0.2, -0.15) is 0 Å². The van der Waals surface area contributed by atoms with Crippen LogP contribution in [0.1, 0.15) is 11.1 Å². The molecule has 2 aromatic carbocycles. The Hall–Kier alpha value is -1.85. The molecule has 0 aliphatic heterocycles. The Morgan fingerprint density at radius 3 is 2.45 bits per heavy atom. The summed E-state index contributed by atoms with van der Waals surface area (Å²) in [7, 11) is -1.95. The molecule has 4 nitrogen and oxygen atoms in total. The van der Waals surface area contributed by atoms with Crippen molar-refractivity contribution in [3.8, 4) is 0 Å². The van der Waals surface area contributed by atoms with E-state index in [1.54, 1.807) is 49.6 Å². The summed E-state index contributed by atoms with van der Waals surface area (Å²) in [4.78, 5) is 0.250. The molecule has 106 valence electrons. The molecule has 0 bridgehead atoms. The zero-order valence-corrected chi connectivity index (χ0v) is 12.3. The molecule has 0 saturated carbocycles. The molecule has 0 saturated heterocycles. The van der Waals surface area contributed by atoms with Gasteiger partial charge in [0, 0.05) is 12.8 Å². The summed E-state index contributed by atoms with van der Waals surface area (Å²) in [5, 5.41) is 0. The van der Waals surface area contributed by atoms with Crippen LogP contribution in [0.3, 0.4) is 0 Å². The van der Waals surface area contributed by atoms with Crippen LogP contribution >= 0.6 is 0 Å². The first kappa shape index (κ1) is 14.6. The standard InChI is InChI=1S/C15H17NO3S/c1-12-6-8-15(9-7-12)20(17,18)16-14-5-3-4-13(10-14)11-19-2/h3-10,16H,11H2,1-2H3. The SMILES string of the molecule is COCc1cccc(NS(=O)(=O)c2ccc(C)cc2)c1. The maximum absolute atomic E-state index is 12.2. The van der Waals surface area contributed by atoms with Gasteiger partial charge in [0.1, 0.15) is 0 Å². The van der Waals surface area contributed by atoms with Gasteiger partial charge in [0.25, 0.3) is 10.0 Å². The van der Waals surface area contributed by atoms with E-state index in [2.05, 4.69) is 4.72 Å². The van der Waals surface area contributed by atoms with Crippen molar-refractivity contribution >= 4 is 15.7 Å². The number of aryl methyl sites for hydroxylation is 1. The minimum Gasteiger partial charge on any atom is -0.380 e. The number of hydrogen-bond acceptors (Lipinski definition) is 3. The normalized spacial score (nSPS) is 11.3. The summed E-state index contributed by atoms with van der Waals surface area (Å²) in [6.07, 6.45) is 0. The molecule has 0 radical (unpaired) electrons. The lowest BCUT2D eigenvalue weighted by molar-refractivity contribution is 0.185. The Balaban J connectivity index is 2.24. The first-order valence-corrected chi connectivity index (χ1v) is 7.67. The largest absolute Gasteiger partial charge is 0.380 e. The van der Waals surface area contributed by atoms with Gasteiger partial charge < -0.3 is 4.74 Å². The number of ether oxygens (including phenoxy) is 1. The third kappa shape index (κ3) is 3.59. The summed E-state index contributed by atoms with van der Waals surface area (Å²) in [5.74, 6) is 0. The van der Waals surface area contributed by atoms with E-state index in [-0.39, 0.29) is 4.90 Å². The molecule has 2 rings (SSSR count). The molecule has 0 spiro atoms.